The summed E-state index contributed by atoms with van der Waals surface area (Å²) in [6.45, 7) is 4.75. The first kappa shape index (κ1) is 43.6. The van der Waals surface area contributed by atoms with E-state index in [-0.39, 0.29) is 59.7 Å². The van der Waals surface area contributed by atoms with Gasteiger partial charge in [-0.2, -0.15) is 0 Å². The quantitative estimate of drug-likeness (QED) is 0.0386. The van der Waals surface area contributed by atoms with Crippen molar-refractivity contribution in [3.8, 4) is 11.5 Å². The van der Waals surface area contributed by atoms with E-state index >= 15 is 0 Å². The van der Waals surface area contributed by atoms with Gasteiger partial charge < -0.3 is 19.3 Å². The maximum Gasteiger partial charge on any atom is 0.270 e. The average Bonchev–Trinajstić information content (AvgIpc) is 3.29. The van der Waals surface area contributed by atoms with Gasteiger partial charge in [-0.25, -0.2) is 5.43 Å². The van der Waals surface area contributed by atoms with Crippen molar-refractivity contribution in [3.63, 3.8) is 0 Å². The normalized spacial score (nSPS) is 13.2. The Morgan fingerprint density at radius 1 is 0.733 bits per heavy atom. The number of Topliss-reactive ketones (excluding diaryl/α,β-unsaturated/α-hetero) is 1. The van der Waals surface area contributed by atoms with Gasteiger partial charge in [-0.3, -0.25) is 29.5 Å². The fourth-order valence-electron chi connectivity index (χ4n) is 7.74. The molecule has 5 aromatic rings. The third-order valence-corrected chi connectivity index (χ3v) is 10.7. The Morgan fingerprint density at radius 2 is 1.35 bits per heavy atom. The lowest BCUT2D eigenvalue weighted by Crippen LogP contribution is -2.56. The fourth-order valence-corrected chi connectivity index (χ4v) is 7.74. The molecule has 0 aromatic heterocycles. The van der Waals surface area contributed by atoms with Crippen molar-refractivity contribution >= 4 is 23.3 Å². The number of ether oxygens (including phenoxy) is 3. The van der Waals surface area contributed by atoms with Crippen LogP contribution in [0.3, 0.4) is 0 Å². The van der Waals surface area contributed by atoms with Gasteiger partial charge in [0.15, 0.2) is 11.6 Å². The van der Waals surface area contributed by atoms with Crippen LogP contribution in [0.5, 0.6) is 11.5 Å². The van der Waals surface area contributed by atoms with E-state index in [0.717, 1.165) is 17.5 Å². The van der Waals surface area contributed by atoms with Crippen molar-refractivity contribution in [2.75, 3.05) is 33.9 Å². The number of nitrogens with zero attached hydrogens (tertiary/aromatic N) is 1. The number of amides is 1. The summed E-state index contributed by atoms with van der Waals surface area (Å²) in [6, 6.07) is 36.2. The Kier molecular flexibility index (Phi) is 14.8. The molecule has 5 aromatic carbocycles. The van der Waals surface area contributed by atoms with Crippen LogP contribution in [-0.2, 0) is 15.1 Å². The number of fused-ring (bicyclic) bond motifs is 2. The Labute approximate surface area is 351 Å². The number of nitrogens with one attached hydrogen (secondary N) is 2. The van der Waals surface area contributed by atoms with Crippen molar-refractivity contribution in [1.82, 2.24) is 15.8 Å². The molecule has 2 unspecified atom stereocenters. The molecule has 0 saturated carbocycles. The lowest BCUT2D eigenvalue weighted by atomic mass is 9.79. The molecule has 11 heteroatoms. The van der Waals surface area contributed by atoms with Crippen molar-refractivity contribution in [3.05, 3.63) is 166 Å². The molecule has 312 valence electrons. The molecule has 0 heterocycles. The van der Waals surface area contributed by atoms with Crippen LogP contribution < -0.4 is 20.2 Å². The van der Waals surface area contributed by atoms with Crippen molar-refractivity contribution in [2.24, 2.45) is 0 Å². The number of ketones is 3. The number of carbonyl (C=O) groups is 4. The molecule has 0 spiro atoms. The zero-order chi connectivity index (χ0) is 42.6. The van der Waals surface area contributed by atoms with Crippen LogP contribution in [-0.4, -0.2) is 79.6 Å². The van der Waals surface area contributed by atoms with Crippen LogP contribution in [0.1, 0.15) is 105 Å². The summed E-state index contributed by atoms with van der Waals surface area (Å²) in [5.41, 5.74) is 5.16. The maximum absolute atomic E-state index is 14.5. The van der Waals surface area contributed by atoms with Gasteiger partial charge in [0.25, 0.3) is 5.91 Å². The number of carbonyl (C=O) groups excluding carboxylic acids is 4. The smallest absolute Gasteiger partial charge is 0.270 e. The van der Waals surface area contributed by atoms with E-state index in [2.05, 4.69) is 10.7 Å². The minimum Gasteiger partial charge on any atom is -0.497 e. The van der Waals surface area contributed by atoms with Crippen LogP contribution >= 0.6 is 0 Å². The second-order valence-electron chi connectivity index (χ2n) is 14.7. The molecule has 0 bridgehead atoms. The fraction of sp³-hybridized carbons (Fsp3) is 0.306. The molecule has 1 aliphatic rings. The number of benzene rings is 5. The van der Waals surface area contributed by atoms with Gasteiger partial charge in [0.05, 0.1) is 38.7 Å². The Hall–Kier alpha value is -5.98. The van der Waals surface area contributed by atoms with Gasteiger partial charge >= 0.3 is 0 Å². The standard InChI is InChI=1S/C49H53N3O8/c1-5-28-50-44(52(51-29-6-2)48(57)41-23-15-22-40-45(41)47(56)39-21-14-13-20-38(39)46(40)55)27-24-35(53)30-36(54)32-60-49(33-16-9-7-10-17-33,34-18-11-8-12-19-34)42-26-25-37(58-3)31-43(42)59-4/h7-23,25-26,31,36,44,50-51,54H,5-6,24,27-30,32H2,1-4H3. The molecule has 11 nitrogen and oxygen atoms in total. The summed E-state index contributed by atoms with van der Waals surface area (Å²) < 4.78 is 18.2. The lowest BCUT2D eigenvalue weighted by molar-refractivity contribution is -0.123. The molecule has 0 fully saturated rings. The highest BCUT2D eigenvalue weighted by Gasteiger charge is 2.41. The van der Waals surface area contributed by atoms with E-state index < -0.39 is 29.6 Å². The number of hydrazine groups is 1. The molecule has 2 atom stereocenters. The SMILES string of the molecule is CCCNC(CCC(=O)CC(O)COC(c1ccccc1)(c1ccccc1)c1ccc(OC)cc1OC)N(NCCC)C(=O)c1cccc2c1C(=O)c1ccccc1C2=O. The van der Waals surface area contributed by atoms with Crippen LogP contribution in [0.15, 0.2) is 121 Å². The van der Waals surface area contributed by atoms with Crippen molar-refractivity contribution < 1.29 is 38.5 Å². The second-order valence-corrected chi connectivity index (χ2v) is 14.7. The van der Waals surface area contributed by atoms with Gasteiger partial charge in [-0.1, -0.05) is 111 Å². The monoisotopic (exact) mass is 811 g/mol. The summed E-state index contributed by atoms with van der Waals surface area (Å²) in [7, 11) is 3.16. The molecule has 1 amide bonds. The second kappa shape index (κ2) is 20.3. The number of methoxy groups -OCH3 is 2. The minimum absolute atomic E-state index is 0.0303. The van der Waals surface area contributed by atoms with E-state index in [1.807, 2.05) is 86.6 Å². The number of rotatable bonds is 21. The summed E-state index contributed by atoms with van der Waals surface area (Å²) in [4.78, 5) is 55.6. The highest BCUT2D eigenvalue weighted by Crippen LogP contribution is 2.45. The number of aliphatic hydroxyl groups is 1. The first-order valence-corrected chi connectivity index (χ1v) is 20.5. The summed E-state index contributed by atoms with van der Waals surface area (Å²) >= 11 is 0. The molecule has 1 aliphatic carbocycles. The van der Waals surface area contributed by atoms with E-state index in [1.54, 1.807) is 62.8 Å². The molecule has 0 radical (unpaired) electrons. The summed E-state index contributed by atoms with van der Waals surface area (Å²) in [6.07, 6.45) is -0.339. The van der Waals surface area contributed by atoms with Gasteiger partial charge in [0.1, 0.15) is 22.9 Å². The first-order chi connectivity index (χ1) is 29.2. The first-order valence-electron chi connectivity index (χ1n) is 20.5. The molecule has 0 saturated heterocycles. The Morgan fingerprint density at radius 3 is 1.97 bits per heavy atom. The van der Waals surface area contributed by atoms with Gasteiger partial charge in [-0.05, 0) is 55.1 Å². The Balaban J connectivity index is 1.23. The number of hydrogen-bond donors (Lipinski definition) is 3. The number of aliphatic hydroxyl groups excluding tert-OH is 1. The van der Waals surface area contributed by atoms with E-state index in [1.165, 1.54) is 5.01 Å². The summed E-state index contributed by atoms with van der Waals surface area (Å²) in [5.74, 6) is -0.305. The van der Waals surface area contributed by atoms with Gasteiger partial charge in [0.2, 0.25) is 0 Å². The zero-order valence-electron chi connectivity index (χ0n) is 34.6. The minimum atomic E-state index is -1.24. The highest BCUT2D eigenvalue weighted by atomic mass is 16.5. The van der Waals surface area contributed by atoms with Crippen LogP contribution in [0, 0.1) is 0 Å². The molecule has 3 N–H and O–H groups in total. The predicted molar refractivity (Wildman–Crippen MR) is 229 cm³/mol. The van der Waals surface area contributed by atoms with E-state index in [4.69, 9.17) is 14.2 Å². The molecule has 0 aliphatic heterocycles. The van der Waals surface area contributed by atoms with Crippen LogP contribution in [0.4, 0.5) is 0 Å². The molecular formula is C49H53N3O8. The third kappa shape index (κ3) is 9.25. The number of hydrogen-bond acceptors (Lipinski definition) is 10. The van der Waals surface area contributed by atoms with Crippen molar-refractivity contribution in [2.45, 2.75) is 63.8 Å². The zero-order valence-corrected chi connectivity index (χ0v) is 34.6. The molecular weight excluding hydrogens is 759 g/mol. The van der Waals surface area contributed by atoms with E-state index in [0.29, 0.717) is 42.1 Å². The van der Waals surface area contributed by atoms with Gasteiger partial charge in [0, 0.05) is 53.3 Å². The largest absolute Gasteiger partial charge is 0.497 e. The van der Waals surface area contributed by atoms with E-state index in [9.17, 15) is 24.3 Å². The lowest BCUT2D eigenvalue weighted by Gasteiger charge is -2.37. The third-order valence-electron chi connectivity index (χ3n) is 10.7. The Bertz CT molecular complexity index is 2240. The topological polar surface area (TPSA) is 144 Å². The van der Waals surface area contributed by atoms with Crippen LogP contribution in [0.2, 0.25) is 0 Å². The highest BCUT2D eigenvalue weighted by molar-refractivity contribution is 6.30. The summed E-state index contributed by atoms with van der Waals surface area (Å²) in [5, 5.41) is 16.3. The molecule has 6 rings (SSSR count). The molecule has 60 heavy (non-hydrogen) atoms. The average molecular weight is 812 g/mol. The van der Waals surface area contributed by atoms with Crippen molar-refractivity contribution in [1.29, 1.82) is 0 Å². The predicted octanol–water partition coefficient (Wildman–Crippen LogP) is 7.27. The maximum atomic E-state index is 14.5. The van der Waals surface area contributed by atoms with Crippen LogP contribution in [0.25, 0.3) is 0 Å². The van der Waals surface area contributed by atoms with Gasteiger partial charge in [-0.15, -0.1) is 0 Å².